The van der Waals surface area contributed by atoms with E-state index in [1.165, 1.54) is 0 Å². The van der Waals surface area contributed by atoms with E-state index in [1.807, 2.05) is 31.2 Å². The molecule has 0 aliphatic carbocycles. The Balaban J connectivity index is 1.76. The van der Waals surface area contributed by atoms with E-state index in [2.05, 4.69) is 9.88 Å². The molecule has 6 heteroatoms. The van der Waals surface area contributed by atoms with Gasteiger partial charge in [0.1, 0.15) is 0 Å². The van der Waals surface area contributed by atoms with Gasteiger partial charge >= 0.3 is 0 Å². The number of thiazole rings is 1. The van der Waals surface area contributed by atoms with Crippen molar-refractivity contribution in [2.24, 2.45) is 0 Å². The predicted octanol–water partition coefficient (Wildman–Crippen LogP) is 2.11. The lowest BCUT2D eigenvalue weighted by atomic mass is 10.2. The Kier molecular flexibility index (Phi) is 4.71. The first-order chi connectivity index (χ1) is 10.7. The standard InChI is InChI=1S/C16H21N3O2S/c1-2-19(15(21)10-18-9-5-6-12(18)11-20)16-17-13-7-3-4-8-14(13)22-16/h3-4,7-8,12,20H,2,5-6,9-11H2,1H3/t12-/m1/s1. The maximum atomic E-state index is 12.6. The molecular formula is C16H21N3O2S. The zero-order chi connectivity index (χ0) is 15.5. The van der Waals surface area contributed by atoms with Crippen molar-refractivity contribution in [1.82, 2.24) is 9.88 Å². The smallest absolute Gasteiger partial charge is 0.242 e. The average Bonchev–Trinajstić information content (AvgIpc) is 3.13. The number of carbonyl (C=O) groups is 1. The minimum Gasteiger partial charge on any atom is -0.395 e. The van der Waals surface area contributed by atoms with Crippen LogP contribution < -0.4 is 4.90 Å². The van der Waals surface area contributed by atoms with Crippen LogP contribution in [0.2, 0.25) is 0 Å². The first kappa shape index (κ1) is 15.4. The van der Waals surface area contributed by atoms with Crippen LogP contribution in [0.5, 0.6) is 0 Å². The summed E-state index contributed by atoms with van der Waals surface area (Å²) in [7, 11) is 0. The molecule has 22 heavy (non-hydrogen) atoms. The molecule has 1 atom stereocenters. The minimum absolute atomic E-state index is 0.0573. The van der Waals surface area contributed by atoms with E-state index in [0.29, 0.717) is 13.1 Å². The number of rotatable bonds is 5. The number of anilines is 1. The summed E-state index contributed by atoms with van der Waals surface area (Å²) in [5, 5.41) is 10.1. The van der Waals surface area contributed by atoms with Gasteiger partial charge in [0, 0.05) is 12.6 Å². The summed E-state index contributed by atoms with van der Waals surface area (Å²) in [5.41, 5.74) is 0.933. The highest BCUT2D eigenvalue weighted by Gasteiger charge is 2.28. The summed E-state index contributed by atoms with van der Waals surface area (Å²) in [5.74, 6) is 0.0573. The molecule has 0 unspecified atom stereocenters. The SMILES string of the molecule is CCN(C(=O)CN1CCC[C@@H]1CO)c1nc2ccccc2s1. The number of aliphatic hydroxyl groups is 1. The third-order valence-electron chi connectivity index (χ3n) is 4.18. The number of amides is 1. The molecule has 0 radical (unpaired) electrons. The van der Waals surface area contributed by atoms with E-state index >= 15 is 0 Å². The Hall–Kier alpha value is -1.50. The van der Waals surface area contributed by atoms with E-state index < -0.39 is 0 Å². The molecule has 2 heterocycles. The molecule has 0 bridgehead atoms. The van der Waals surface area contributed by atoms with Crippen molar-refractivity contribution in [2.45, 2.75) is 25.8 Å². The first-order valence-electron chi connectivity index (χ1n) is 7.73. The minimum atomic E-state index is 0.0573. The van der Waals surface area contributed by atoms with Gasteiger partial charge in [0.25, 0.3) is 0 Å². The maximum absolute atomic E-state index is 12.6. The fourth-order valence-electron chi connectivity index (χ4n) is 2.96. The highest BCUT2D eigenvalue weighted by molar-refractivity contribution is 7.22. The van der Waals surface area contributed by atoms with Gasteiger partial charge in [-0.05, 0) is 38.4 Å². The van der Waals surface area contributed by atoms with Crippen LogP contribution in [0.4, 0.5) is 5.13 Å². The molecule has 1 aliphatic rings. The van der Waals surface area contributed by atoms with E-state index in [4.69, 9.17) is 0 Å². The van der Waals surface area contributed by atoms with Crippen LogP contribution in [0.25, 0.3) is 10.2 Å². The number of aliphatic hydroxyl groups excluding tert-OH is 1. The number of para-hydroxylation sites is 1. The van der Waals surface area contributed by atoms with E-state index in [1.54, 1.807) is 16.2 Å². The van der Waals surface area contributed by atoms with Gasteiger partial charge in [0.2, 0.25) is 5.91 Å². The van der Waals surface area contributed by atoms with Gasteiger partial charge in [0.15, 0.2) is 5.13 Å². The molecule has 3 rings (SSSR count). The third kappa shape index (κ3) is 2.99. The number of aromatic nitrogens is 1. The monoisotopic (exact) mass is 319 g/mol. The fraction of sp³-hybridized carbons (Fsp3) is 0.500. The summed E-state index contributed by atoms with van der Waals surface area (Å²) < 4.78 is 1.10. The lowest BCUT2D eigenvalue weighted by molar-refractivity contribution is -0.120. The van der Waals surface area contributed by atoms with Crippen LogP contribution in [0, 0.1) is 0 Å². The second-order valence-corrected chi connectivity index (χ2v) is 6.56. The van der Waals surface area contributed by atoms with Crippen molar-refractivity contribution < 1.29 is 9.90 Å². The van der Waals surface area contributed by atoms with Gasteiger partial charge in [0.05, 0.1) is 23.4 Å². The van der Waals surface area contributed by atoms with Crippen molar-refractivity contribution in [1.29, 1.82) is 0 Å². The van der Waals surface area contributed by atoms with Crippen LogP contribution in [0.3, 0.4) is 0 Å². The molecule has 0 saturated carbocycles. The Bertz CT molecular complexity index is 625. The lowest BCUT2D eigenvalue weighted by Gasteiger charge is -2.25. The van der Waals surface area contributed by atoms with Crippen LogP contribution in [-0.2, 0) is 4.79 Å². The van der Waals surface area contributed by atoms with Crippen LogP contribution in [0.1, 0.15) is 19.8 Å². The quantitative estimate of drug-likeness (QED) is 0.917. The Morgan fingerprint density at radius 2 is 2.32 bits per heavy atom. The molecule has 1 N–H and O–H groups in total. The maximum Gasteiger partial charge on any atom is 0.242 e. The predicted molar refractivity (Wildman–Crippen MR) is 89.3 cm³/mol. The molecule has 2 aromatic rings. The molecule has 5 nitrogen and oxygen atoms in total. The number of benzene rings is 1. The molecule has 1 fully saturated rings. The average molecular weight is 319 g/mol. The molecule has 1 aliphatic heterocycles. The number of hydrogen-bond acceptors (Lipinski definition) is 5. The summed E-state index contributed by atoms with van der Waals surface area (Å²) in [4.78, 5) is 21.0. The topological polar surface area (TPSA) is 56.7 Å². The summed E-state index contributed by atoms with van der Waals surface area (Å²) in [6.45, 7) is 3.94. The Morgan fingerprint density at radius 3 is 3.05 bits per heavy atom. The van der Waals surface area contributed by atoms with Crippen LogP contribution >= 0.6 is 11.3 Å². The molecular weight excluding hydrogens is 298 g/mol. The van der Waals surface area contributed by atoms with Crippen molar-refractivity contribution in [3.8, 4) is 0 Å². The fourth-order valence-corrected chi connectivity index (χ4v) is 4.01. The molecule has 1 aromatic carbocycles. The highest BCUT2D eigenvalue weighted by Crippen LogP contribution is 2.29. The molecule has 1 saturated heterocycles. The number of fused-ring (bicyclic) bond motifs is 1. The molecule has 0 spiro atoms. The van der Waals surface area contributed by atoms with Crippen molar-refractivity contribution in [3.05, 3.63) is 24.3 Å². The third-order valence-corrected chi connectivity index (χ3v) is 5.24. The normalized spacial score (nSPS) is 18.9. The first-order valence-corrected chi connectivity index (χ1v) is 8.55. The van der Waals surface area contributed by atoms with E-state index in [-0.39, 0.29) is 18.6 Å². The van der Waals surface area contributed by atoms with Crippen LogP contribution in [0.15, 0.2) is 24.3 Å². The second-order valence-electron chi connectivity index (χ2n) is 5.55. The number of nitrogens with zero attached hydrogens (tertiary/aromatic N) is 3. The molecule has 118 valence electrons. The number of likely N-dealkylation sites (N-methyl/N-ethyl adjacent to an activating group) is 1. The van der Waals surface area contributed by atoms with Crippen LogP contribution in [-0.4, -0.2) is 53.2 Å². The van der Waals surface area contributed by atoms with Crippen molar-refractivity contribution in [3.63, 3.8) is 0 Å². The number of likely N-dealkylation sites (tertiary alicyclic amines) is 1. The zero-order valence-corrected chi connectivity index (χ0v) is 13.6. The van der Waals surface area contributed by atoms with Gasteiger partial charge < -0.3 is 5.11 Å². The highest BCUT2D eigenvalue weighted by atomic mass is 32.1. The van der Waals surface area contributed by atoms with Gasteiger partial charge in [-0.1, -0.05) is 23.5 Å². The second kappa shape index (κ2) is 6.73. The molecule has 1 amide bonds. The van der Waals surface area contributed by atoms with E-state index in [0.717, 1.165) is 34.7 Å². The Morgan fingerprint density at radius 1 is 1.50 bits per heavy atom. The van der Waals surface area contributed by atoms with E-state index in [9.17, 15) is 9.90 Å². The summed E-state index contributed by atoms with van der Waals surface area (Å²) >= 11 is 1.55. The largest absolute Gasteiger partial charge is 0.395 e. The number of hydrogen-bond donors (Lipinski definition) is 1. The summed E-state index contributed by atoms with van der Waals surface area (Å²) in [6.07, 6.45) is 2.02. The molecule has 1 aromatic heterocycles. The van der Waals surface area contributed by atoms with Gasteiger partial charge in [-0.2, -0.15) is 0 Å². The van der Waals surface area contributed by atoms with Gasteiger partial charge in [-0.25, -0.2) is 4.98 Å². The van der Waals surface area contributed by atoms with Crippen molar-refractivity contribution in [2.75, 3.05) is 31.1 Å². The lowest BCUT2D eigenvalue weighted by Crippen LogP contribution is -2.43. The zero-order valence-electron chi connectivity index (χ0n) is 12.7. The van der Waals surface area contributed by atoms with Gasteiger partial charge in [-0.3, -0.25) is 14.6 Å². The Labute approximate surface area is 134 Å². The summed E-state index contributed by atoms with van der Waals surface area (Å²) in [6, 6.07) is 8.06. The number of carbonyl (C=O) groups excluding carboxylic acids is 1. The van der Waals surface area contributed by atoms with Gasteiger partial charge in [-0.15, -0.1) is 0 Å². The van der Waals surface area contributed by atoms with Crippen molar-refractivity contribution >= 4 is 32.6 Å².